The van der Waals surface area contributed by atoms with Crippen molar-refractivity contribution in [2.45, 2.75) is 6.92 Å². The van der Waals surface area contributed by atoms with Gasteiger partial charge in [-0.2, -0.15) is 5.10 Å². The first-order valence-electron chi connectivity index (χ1n) is 3.11. The van der Waals surface area contributed by atoms with Crippen LogP contribution in [0.3, 0.4) is 0 Å². The first-order valence-corrected chi connectivity index (χ1v) is 3.11. The fourth-order valence-electron chi connectivity index (χ4n) is 0.704. The number of hydrazone groups is 1. The van der Waals surface area contributed by atoms with Crippen molar-refractivity contribution >= 4 is 6.21 Å². The Hall–Kier alpha value is -1.31. The molecule has 1 heterocycles. The minimum Gasteiger partial charge on any atom is -0.286 e. The quantitative estimate of drug-likeness (QED) is 0.534. The Kier molecular flexibility index (Phi) is 2.05. The fourth-order valence-corrected chi connectivity index (χ4v) is 0.704. The molecule has 0 saturated heterocycles. The molecule has 1 rings (SSSR count). The first-order chi connectivity index (χ1) is 4.79. The predicted molar refractivity (Wildman–Crippen MR) is 43.7 cm³/mol. The third-order valence-electron chi connectivity index (χ3n) is 1.13. The normalized spacial score (nSPS) is 28.9. The van der Waals surface area contributed by atoms with Crippen molar-refractivity contribution in [3.05, 3.63) is 36.1 Å². The topological polar surface area (TPSA) is 24.4 Å². The zero-order chi connectivity index (χ0) is 7.40. The van der Waals surface area contributed by atoms with E-state index < -0.39 is 0 Å². The van der Waals surface area contributed by atoms with Crippen LogP contribution in [0, 0.1) is 0 Å². The highest BCUT2D eigenvalue weighted by molar-refractivity contribution is 5.78. The molecule has 0 radical (unpaired) electrons. The molecule has 1 aliphatic rings. The molecule has 0 saturated carbocycles. The highest BCUT2D eigenvalue weighted by atomic mass is 15.3. The van der Waals surface area contributed by atoms with Gasteiger partial charge in [0.1, 0.15) is 0 Å². The van der Waals surface area contributed by atoms with Crippen LogP contribution < -0.4 is 5.43 Å². The molecule has 0 aliphatic carbocycles. The van der Waals surface area contributed by atoms with Crippen molar-refractivity contribution in [2.75, 3.05) is 0 Å². The van der Waals surface area contributed by atoms with E-state index in [4.69, 9.17) is 0 Å². The molecule has 1 N–H and O–H groups in total. The second-order valence-corrected chi connectivity index (χ2v) is 2.18. The highest BCUT2D eigenvalue weighted by Gasteiger charge is 1.87. The summed E-state index contributed by atoms with van der Waals surface area (Å²) in [6, 6.07) is 0. The molecular formula is C8H10N2. The molecule has 0 aromatic rings. The lowest BCUT2D eigenvalue weighted by molar-refractivity contribution is 0.971. The van der Waals surface area contributed by atoms with Crippen LogP contribution in [0.15, 0.2) is 41.2 Å². The number of rotatable bonds is 0. The van der Waals surface area contributed by atoms with E-state index in [1.54, 1.807) is 12.4 Å². The molecule has 1 aliphatic heterocycles. The second kappa shape index (κ2) is 3.01. The van der Waals surface area contributed by atoms with Gasteiger partial charge in [-0.05, 0) is 24.1 Å². The van der Waals surface area contributed by atoms with Gasteiger partial charge in [-0.25, -0.2) is 0 Å². The predicted octanol–water partition coefficient (Wildman–Crippen LogP) is 1.59. The third-order valence-corrected chi connectivity index (χ3v) is 1.13. The van der Waals surface area contributed by atoms with E-state index >= 15 is 0 Å². The summed E-state index contributed by atoms with van der Waals surface area (Å²) in [5.74, 6) is 0. The lowest BCUT2D eigenvalue weighted by Crippen LogP contribution is -1.96. The molecular weight excluding hydrogens is 124 g/mol. The van der Waals surface area contributed by atoms with Gasteiger partial charge in [0.25, 0.3) is 0 Å². The summed E-state index contributed by atoms with van der Waals surface area (Å²) in [4.78, 5) is 0. The molecule has 2 nitrogen and oxygen atoms in total. The number of nitrogens with one attached hydrogen (secondary N) is 1. The molecule has 52 valence electrons. The zero-order valence-corrected chi connectivity index (χ0v) is 5.96. The molecule has 2 heteroatoms. The van der Waals surface area contributed by atoms with Crippen LogP contribution in [0.1, 0.15) is 6.92 Å². The average Bonchev–Trinajstić information content (AvgIpc) is 1.83. The van der Waals surface area contributed by atoms with Gasteiger partial charge in [-0.15, -0.1) is 0 Å². The zero-order valence-electron chi connectivity index (χ0n) is 5.96. The van der Waals surface area contributed by atoms with Gasteiger partial charge in [0.05, 0.1) is 6.21 Å². The highest BCUT2D eigenvalue weighted by Crippen LogP contribution is 2.00. The number of hydrogen-bond acceptors (Lipinski definition) is 2. The number of hydrogen-bond donors (Lipinski definition) is 1. The Bertz CT molecular complexity index is 221. The van der Waals surface area contributed by atoms with Gasteiger partial charge < -0.3 is 0 Å². The van der Waals surface area contributed by atoms with E-state index in [0.29, 0.717) is 0 Å². The van der Waals surface area contributed by atoms with E-state index in [1.165, 1.54) is 0 Å². The molecule has 0 unspecified atom stereocenters. The van der Waals surface area contributed by atoms with Crippen LogP contribution in [0.2, 0.25) is 0 Å². The summed E-state index contributed by atoms with van der Waals surface area (Å²) >= 11 is 0. The largest absolute Gasteiger partial charge is 0.286 e. The van der Waals surface area contributed by atoms with Crippen molar-refractivity contribution < 1.29 is 0 Å². The Morgan fingerprint density at radius 1 is 1.60 bits per heavy atom. The summed E-state index contributed by atoms with van der Waals surface area (Å²) in [7, 11) is 0. The summed E-state index contributed by atoms with van der Waals surface area (Å²) in [6.45, 7) is 5.78. The van der Waals surface area contributed by atoms with Crippen LogP contribution in [-0.4, -0.2) is 6.21 Å². The van der Waals surface area contributed by atoms with E-state index in [-0.39, 0.29) is 0 Å². The Labute approximate surface area is 60.6 Å². The van der Waals surface area contributed by atoms with Crippen LogP contribution in [0.25, 0.3) is 0 Å². The monoisotopic (exact) mass is 134 g/mol. The lowest BCUT2D eigenvalue weighted by atomic mass is 10.2. The molecule has 0 aromatic heterocycles. The van der Waals surface area contributed by atoms with Crippen LogP contribution in [-0.2, 0) is 0 Å². The smallest absolute Gasteiger partial charge is 0.0501 e. The Morgan fingerprint density at radius 3 is 3.20 bits per heavy atom. The Balaban J connectivity index is 2.85. The Morgan fingerprint density at radius 2 is 2.40 bits per heavy atom. The van der Waals surface area contributed by atoms with Crippen molar-refractivity contribution in [3.63, 3.8) is 0 Å². The summed E-state index contributed by atoms with van der Waals surface area (Å²) in [5.41, 5.74) is 4.82. The molecule has 0 amide bonds. The van der Waals surface area contributed by atoms with Gasteiger partial charge in [0, 0.05) is 6.20 Å². The maximum absolute atomic E-state index is 3.88. The minimum absolute atomic E-state index is 0.983. The molecule has 0 atom stereocenters. The molecule has 0 fully saturated rings. The van der Waals surface area contributed by atoms with E-state index in [9.17, 15) is 0 Å². The van der Waals surface area contributed by atoms with Gasteiger partial charge in [0.15, 0.2) is 0 Å². The summed E-state index contributed by atoms with van der Waals surface area (Å²) in [5, 5.41) is 3.88. The average molecular weight is 134 g/mol. The maximum atomic E-state index is 3.88. The standard InChI is InChI=1S/C8H10N2/c1-7-3-4-9-10-6-8(2)5-7/h3-6,9H,1H2,2H3/b4-3-,8-5-,10-6-. The maximum Gasteiger partial charge on any atom is 0.0501 e. The molecule has 0 spiro atoms. The third kappa shape index (κ3) is 1.90. The second-order valence-electron chi connectivity index (χ2n) is 2.18. The van der Waals surface area contributed by atoms with Gasteiger partial charge in [0.2, 0.25) is 0 Å². The summed E-state index contributed by atoms with van der Waals surface area (Å²) < 4.78 is 0. The van der Waals surface area contributed by atoms with Crippen molar-refractivity contribution in [1.29, 1.82) is 0 Å². The van der Waals surface area contributed by atoms with Crippen molar-refractivity contribution in [2.24, 2.45) is 5.10 Å². The van der Waals surface area contributed by atoms with Crippen LogP contribution in [0.4, 0.5) is 0 Å². The first kappa shape index (κ1) is 6.81. The SMILES string of the molecule is C=C1/C=C\N/N=C\C(C)=C/1. The molecule has 10 heavy (non-hydrogen) atoms. The van der Waals surface area contributed by atoms with E-state index in [2.05, 4.69) is 17.1 Å². The van der Waals surface area contributed by atoms with Crippen LogP contribution >= 0.6 is 0 Å². The number of nitrogens with zero attached hydrogens (tertiary/aromatic N) is 1. The van der Waals surface area contributed by atoms with E-state index in [1.807, 2.05) is 19.1 Å². The lowest BCUT2D eigenvalue weighted by Gasteiger charge is -1.97. The summed E-state index contributed by atoms with van der Waals surface area (Å²) in [6.07, 6.45) is 7.36. The van der Waals surface area contributed by atoms with Gasteiger partial charge in [-0.1, -0.05) is 12.7 Å². The van der Waals surface area contributed by atoms with E-state index in [0.717, 1.165) is 11.1 Å². The van der Waals surface area contributed by atoms with Gasteiger partial charge in [-0.3, -0.25) is 5.43 Å². The van der Waals surface area contributed by atoms with Gasteiger partial charge >= 0.3 is 0 Å². The fraction of sp³-hybridized carbons (Fsp3) is 0.125. The molecule has 0 aromatic carbocycles. The number of allylic oxidation sites excluding steroid dienone is 4. The van der Waals surface area contributed by atoms with Crippen molar-refractivity contribution in [3.8, 4) is 0 Å². The molecule has 0 bridgehead atoms. The van der Waals surface area contributed by atoms with Crippen molar-refractivity contribution in [1.82, 2.24) is 5.43 Å². The minimum atomic E-state index is 0.983. The van der Waals surface area contributed by atoms with Crippen LogP contribution in [0.5, 0.6) is 0 Å².